The number of phenolic OH excluding ortho intramolecular Hbond substituents is 1. The van der Waals surface area contributed by atoms with Gasteiger partial charge in [0.25, 0.3) is 0 Å². The van der Waals surface area contributed by atoms with Crippen LogP contribution < -0.4 is 5.46 Å². The van der Waals surface area contributed by atoms with Crippen LogP contribution in [0.3, 0.4) is 0 Å². The van der Waals surface area contributed by atoms with Crippen LogP contribution in [0.5, 0.6) is 5.75 Å². The molecule has 0 spiro atoms. The highest BCUT2D eigenvalue weighted by Crippen LogP contribution is 2.26. The van der Waals surface area contributed by atoms with Crippen molar-refractivity contribution in [3.8, 4) is 16.9 Å². The SMILES string of the molecule is Cc1ccc(-c2cc(O)ccc2BO)cc1Cl. The minimum Gasteiger partial charge on any atom is -0.508 e. The van der Waals surface area contributed by atoms with E-state index in [-0.39, 0.29) is 13.2 Å². The average molecular weight is 247 g/mol. The Morgan fingerprint density at radius 2 is 1.88 bits per heavy atom. The van der Waals surface area contributed by atoms with Crippen LogP contribution in [0.15, 0.2) is 36.4 Å². The molecule has 0 aliphatic rings. The van der Waals surface area contributed by atoms with E-state index in [1.54, 1.807) is 18.2 Å². The van der Waals surface area contributed by atoms with Crippen molar-refractivity contribution in [3.05, 3.63) is 47.0 Å². The summed E-state index contributed by atoms with van der Waals surface area (Å²) in [5.41, 5.74) is 3.46. The van der Waals surface area contributed by atoms with Crippen LogP contribution >= 0.6 is 11.6 Å². The molecule has 0 atom stereocenters. The maximum absolute atomic E-state index is 9.50. The summed E-state index contributed by atoms with van der Waals surface area (Å²) in [7, 11) is -0.0683. The zero-order valence-electron chi connectivity index (χ0n) is 9.44. The van der Waals surface area contributed by atoms with Gasteiger partial charge < -0.3 is 10.1 Å². The largest absolute Gasteiger partial charge is 0.508 e. The van der Waals surface area contributed by atoms with Crippen molar-refractivity contribution >= 4 is 24.5 Å². The molecular formula is C13H12BClO2. The van der Waals surface area contributed by atoms with Crippen molar-refractivity contribution in [2.45, 2.75) is 6.92 Å². The highest BCUT2D eigenvalue weighted by molar-refractivity contribution is 6.48. The van der Waals surface area contributed by atoms with E-state index in [1.807, 2.05) is 25.1 Å². The molecule has 0 aliphatic heterocycles. The summed E-state index contributed by atoms with van der Waals surface area (Å²) in [5, 5.41) is 19.5. The summed E-state index contributed by atoms with van der Waals surface area (Å²) < 4.78 is 0. The molecule has 0 saturated heterocycles. The number of rotatable bonds is 2. The van der Waals surface area contributed by atoms with Gasteiger partial charge in [-0.25, -0.2) is 0 Å². The van der Waals surface area contributed by atoms with Gasteiger partial charge in [0, 0.05) is 5.02 Å². The quantitative estimate of drug-likeness (QED) is 0.796. The van der Waals surface area contributed by atoms with Gasteiger partial charge in [-0.2, -0.15) is 0 Å². The Morgan fingerprint density at radius 3 is 2.53 bits per heavy atom. The second kappa shape index (κ2) is 4.82. The zero-order chi connectivity index (χ0) is 12.4. The Bertz CT molecular complexity index is 555. The number of aromatic hydroxyl groups is 1. The first-order chi connectivity index (χ1) is 8.11. The highest BCUT2D eigenvalue weighted by Gasteiger charge is 2.08. The first kappa shape index (κ1) is 12.0. The number of aryl methyl sites for hydroxylation is 1. The molecule has 0 amide bonds. The third-order valence-corrected chi connectivity index (χ3v) is 3.15. The van der Waals surface area contributed by atoms with Crippen LogP contribution in [-0.2, 0) is 0 Å². The van der Waals surface area contributed by atoms with Gasteiger partial charge in [-0.05, 0) is 47.3 Å². The number of hydrogen-bond donors (Lipinski definition) is 2. The van der Waals surface area contributed by atoms with E-state index in [1.165, 1.54) is 0 Å². The van der Waals surface area contributed by atoms with Crippen LogP contribution in [0.4, 0.5) is 0 Å². The molecule has 86 valence electrons. The third-order valence-electron chi connectivity index (χ3n) is 2.75. The van der Waals surface area contributed by atoms with Crippen LogP contribution in [-0.4, -0.2) is 17.6 Å². The van der Waals surface area contributed by atoms with E-state index in [0.29, 0.717) is 5.02 Å². The number of benzene rings is 2. The Morgan fingerprint density at radius 1 is 1.12 bits per heavy atom. The van der Waals surface area contributed by atoms with E-state index < -0.39 is 0 Å². The fourth-order valence-corrected chi connectivity index (χ4v) is 1.91. The molecule has 2 aromatic rings. The zero-order valence-corrected chi connectivity index (χ0v) is 10.2. The van der Waals surface area contributed by atoms with Crippen molar-refractivity contribution in [3.63, 3.8) is 0 Å². The van der Waals surface area contributed by atoms with Gasteiger partial charge in [0.05, 0.1) is 0 Å². The summed E-state index contributed by atoms with van der Waals surface area (Å²) in [6, 6.07) is 10.6. The van der Waals surface area contributed by atoms with Crippen molar-refractivity contribution in [1.29, 1.82) is 0 Å². The molecule has 0 aliphatic carbocycles. The predicted octanol–water partition coefficient (Wildman–Crippen LogP) is 1.99. The monoisotopic (exact) mass is 246 g/mol. The molecule has 2 nitrogen and oxygen atoms in total. The van der Waals surface area contributed by atoms with E-state index in [9.17, 15) is 10.1 Å². The summed E-state index contributed by atoms with van der Waals surface area (Å²) in [6.07, 6.45) is 0. The number of phenols is 1. The fraction of sp³-hybridized carbons (Fsp3) is 0.0769. The van der Waals surface area contributed by atoms with E-state index in [0.717, 1.165) is 22.2 Å². The van der Waals surface area contributed by atoms with E-state index >= 15 is 0 Å². The minimum absolute atomic E-state index is 0.0683. The van der Waals surface area contributed by atoms with Gasteiger partial charge in [0.15, 0.2) is 0 Å². The van der Waals surface area contributed by atoms with Crippen LogP contribution in [0.25, 0.3) is 11.1 Å². The van der Waals surface area contributed by atoms with Crippen molar-refractivity contribution in [2.75, 3.05) is 0 Å². The summed E-state index contributed by atoms with van der Waals surface area (Å²) in [5.74, 6) is 0.175. The molecule has 0 saturated carbocycles. The third kappa shape index (κ3) is 2.46. The fourth-order valence-electron chi connectivity index (χ4n) is 1.73. The number of hydrogen-bond acceptors (Lipinski definition) is 2. The van der Waals surface area contributed by atoms with E-state index in [2.05, 4.69) is 0 Å². The first-order valence-corrected chi connectivity index (χ1v) is 5.69. The maximum Gasteiger partial charge on any atom is 0.305 e. The smallest absolute Gasteiger partial charge is 0.305 e. The van der Waals surface area contributed by atoms with Crippen molar-refractivity contribution in [1.82, 2.24) is 0 Å². The lowest BCUT2D eigenvalue weighted by atomic mass is 9.82. The predicted molar refractivity (Wildman–Crippen MR) is 72.3 cm³/mol. The molecule has 2 aromatic carbocycles. The van der Waals surface area contributed by atoms with Gasteiger partial charge in [-0.3, -0.25) is 0 Å². The van der Waals surface area contributed by atoms with Crippen LogP contribution in [0, 0.1) is 6.92 Å². The Kier molecular flexibility index (Phi) is 3.41. The number of halogens is 1. The minimum atomic E-state index is -0.0683. The van der Waals surface area contributed by atoms with E-state index in [4.69, 9.17) is 11.6 Å². The van der Waals surface area contributed by atoms with Gasteiger partial charge in [0.2, 0.25) is 0 Å². The second-order valence-corrected chi connectivity index (χ2v) is 4.37. The average Bonchev–Trinajstić information content (AvgIpc) is 2.32. The standard InChI is InChI=1S/C13H12BClO2/c1-8-2-3-9(6-13(8)15)11-7-10(16)4-5-12(11)14-17/h2-7,14,16-17H,1H3. The second-order valence-electron chi connectivity index (χ2n) is 3.96. The lowest BCUT2D eigenvalue weighted by Gasteiger charge is -2.09. The van der Waals surface area contributed by atoms with Gasteiger partial charge >= 0.3 is 7.48 Å². The molecule has 0 bridgehead atoms. The van der Waals surface area contributed by atoms with Crippen molar-refractivity contribution < 1.29 is 10.1 Å². The van der Waals surface area contributed by atoms with Crippen LogP contribution in [0.1, 0.15) is 5.56 Å². The van der Waals surface area contributed by atoms with Gasteiger partial charge in [-0.15, -0.1) is 0 Å². The topological polar surface area (TPSA) is 40.5 Å². The Balaban J connectivity index is 2.58. The summed E-state index contributed by atoms with van der Waals surface area (Å²) in [4.78, 5) is 0. The molecule has 17 heavy (non-hydrogen) atoms. The molecule has 0 aromatic heterocycles. The van der Waals surface area contributed by atoms with Crippen molar-refractivity contribution in [2.24, 2.45) is 0 Å². The molecule has 4 heteroatoms. The Hall–Kier alpha value is -1.45. The lowest BCUT2D eigenvalue weighted by Crippen LogP contribution is -2.16. The molecule has 0 heterocycles. The molecule has 0 unspecified atom stereocenters. The lowest BCUT2D eigenvalue weighted by molar-refractivity contribution is 0.475. The highest BCUT2D eigenvalue weighted by atomic mass is 35.5. The molecular weight excluding hydrogens is 234 g/mol. The molecule has 2 rings (SSSR count). The molecule has 2 N–H and O–H groups in total. The Labute approximate surface area is 106 Å². The summed E-state index contributed by atoms with van der Waals surface area (Å²) in [6.45, 7) is 1.93. The first-order valence-electron chi connectivity index (χ1n) is 5.31. The molecule has 0 fully saturated rings. The van der Waals surface area contributed by atoms with Gasteiger partial charge in [-0.1, -0.05) is 29.8 Å². The summed E-state index contributed by atoms with van der Waals surface area (Å²) >= 11 is 6.07. The van der Waals surface area contributed by atoms with Gasteiger partial charge in [0.1, 0.15) is 5.75 Å². The van der Waals surface area contributed by atoms with Crippen LogP contribution in [0.2, 0.25) is 5.02 Å². The normalized spacial score (nSPS) is 10.3. The maximum atomic E-state index is 9.50. The molecule has 0 radical (unpaired) electrons.